The lowest BCUT2D eigenvalue weighted by molar-refractivity contribution is 0.0625. The number of benzene rings is 2. The number of fused-ring (bicyclic) bond motifs is 1. The number of imide groups is 1. The molecule has 24 heavy (non-hydrogen) atoms. The zero-order valence-corrected chi connectivity index (χ0v) is 13.0. The number of hydrogen-bond acceptors (Lipinski definition) is 5. The lowest BCUT2D eigenvalue weighted by atomic mass is 10.1. The summed E-state index contributed by atoms with van der Waals surface area (Å²) in [5.74, 6) is -0.257. The van der Waals surface area contributed by atoms with Gasteiger partial charge in [-0.2, -0.15) is 4.98 Å². The van der Waals surface area contributed by atoms with Crippen molar-refractivity contribution in [3.63, 3.8) is 0 Å². The van der Waals surface area contributed by atoms with Crippen molar-refractivity contribution in [1.29, 1.82) is 0 Å². The Bertz CT molecular complexity index is 932. The molecule has 0 radical (unpaired) electrons. The highest BCUT2D eigenvalue weighted by Gasteiger charge is 2.36. The van der Waals surface area contributed by atoms with Crippen LogP contribution in [0, 0.1) is 0 Å². The first kappa shape index (κ1) is 14.6. The number of carbonyl (C=O) groups excluding carboxylic acids is 2. The van der Waals surface area contributed by atoms with Crippen LogP contribution in [0.4, 0.5) is 0 Å². The van der Waals surface area contributed by atoms with Crippen LogP contribution in [0.25, 0.3) is 11.4 Å². The van der Waals surface area contributed by atoms with Crippen molar-refractivity contribution in [3.05, 3.63) is 70.6 Å². The summed E-state index contributed by atoms with van der Waals surface area (Å²) in [5.41, 5.74) is 1.39. The van der Waals surface area contributed by atoms with E-state index in [4.69, 9.17) is 16.1 Å². The van der Waals surface area contributed by atoms with E-state index in [0.717, 1.165) is 4.90 Å². The Morgan fingerprint density at radius 2 is 1.50 bits per heavy atom. The number of halogens is 1. The van der Waals surface area contributed by atoms with E-state index < -0.39 is 0 Å². The van der Waals surface area contributed by atoms with Gasteiger partial charge in [0.25, 0.3) is 11.8 Å². The molecule has 2 amide bonds. The molecule has 118 valence electrons. The van der Waals surface area contributed by atoms with E-state index in [1.807, 2.05) is 0 Å². The minimum absolute atomic E-state index is 0.0796. The molecule has 0 atom stereocenters. The van der Waals surface area contributed by atoms with Gasteiger partial charge in [0, 0.05) is 5.56 Å². The van der Waals surface area contributed by atoms with E-state index in [2.05, 4.69) is 10.1 Å². The van der Waals surface area contributed by atoms with Crippen LogP contribution in [-0.4, -0.2) is 26.9 Å². The lowest BCUT2D eigenvalue weighted by Gasteiger charge is -2.09. The highest BCUT2D eigenvalue weighted by Crippen LogP contribution is 2.27. The first-order chi connectivity index (χ1) is 11.6. The second-order valence-electron chi connectivity index (χ2n) is 5.23. The van der Waals surface area contributed by atoms with Crippen molar-refractivity contribution in [3.8, 4) is 11.4 Å². The molecule has 0 bridgehead atoms. The fourth-order valence-electron chi connectivity index (χ4n) is 2.59. The van der Waals surface area contributed by atoms with Crippen molar-refractivity contribution in [2.24, 2.45) is 0 Å². The number of nitrogens with zero attached hydrogens (tertiary/aromatic N) is 3. The third kappa shape index (κ3) is 2.28. The van der Waals surface area contributed by atoms with Crippen molar-refractivity contribution in [2.75, 3.05) is 0 Å². The Hall–Kier alpha value is -2.99. The Morgan fingerprint density at radius 3 is 2.12 bits per heavy atom. The highest BCUT2D eigenvalue weighted by atomic mass is 35.5. The normalized spacial score (nSPS) is 13.5. The topological polar surface area (TPSA) is 76.3 Å². The van der Waals surface area contributed by atoms with E-state index in [0.29, 0.717) is 27.5 Å². The Kier molecular flexibility index (Phi) is 3.39. The molecule has 1 aliphatic heterocycles. The largest absolute Gasteiger partial charge is 0.337 e. The first-order valence-corrected chi connectivity index (χ1v) is 7.55. The van der Waals surface area contributed by atoms with Crippen molar-refractivity contribution in [1.82, 2.24) is 15.0 Å². The van der Waals surface area contributed by atoms with Crippen LogP contribution in [0.2, 0.25) is 5.02 Å². The van der Waals surface area contributed by atoms with Gasteiger partial charge >= 0.3 is 0 Å². The van der Waals surface area contributed by atoms with Gasteiger partial charge in [0.1, 0.15) is 6.54 Å². The maximum absolute atomic E-state index is 12.3. The van der Waals surface area contributed by atoms with Crippen LogP contribution in [0.3, 0.4) is 0 Å². The molecule has 0 unspecified atom stereocenters. The van der Waals surface area contributed by atoms with Gasteiger partial charge in [-0.05, 0) is 24.3 Å². The smallest absolute Gasteiger partial charge is 0.262 e. The molecule has 7 heteroatoms. The standard InChI is InChI=1S/C17H10ClN3O3/c18-13-8-4-3-7-12(13)15-19-14(24-20-15)9-21-16(22)10-5-1-2-6-11(10)17(21)23/h1-8H,9H2. The molecule has 0 saturated carbocycles. The minimum Gasteiger partial charge on any atom is -0.337 e. The van der Waals surface area contributed by atoms with Crippen molar-refractivity contribution in [2.45, 2.75) is 6.54 Å². The molecule has 0 aliphatic carbocycles. The molecule has 0 saturated heterocycles. The second-order valence-corrected chi connectivity index (χ2v) is 5.64. The highest BCUT2D eigenvalue weighted by molar-refractivity contribution is 6.33. The third-order valence-corrected chi connectivity index (χ3v) is 4.08. The van der Waals surface area contributed by atoms with Gasteiger partial charge in [-0.3, -0.25) is 14.5 Å². The average molecular weight is 340 g/mol. The van der Waals surface area contributed by atoms with Crippen molar-refractivity contribution >= 4 is 23.4 Å². The summed E-state index contributed by atoms with van der Waals surface area (Å²) in [6, 6.07) is 13.8. The molecule has 0 N–H and O–H groups in total. The Balaban J connectivity index is 1.61. The van der Waals surface area contributed by atoms with Gasteiger partial charge in [0.15, 0.2) is 0 Å². The van der Waals surface area contributed by atoms with Gasteiger partial charge in [-0.25, -0.2) is 0 Å². The summed E-state index contributed by atoms with van der Waals surface area (Å²) in [4.78, 5) is 30.0. The maximum atomic E-state index is 12.3. The van der Waals surface area contributed by atoms with Crippen LogP contribution in [0.1, 0.15) is 26.6 Å². The number of hydrogen-bond donors (Lipinski definition) is 0. The second kappa shape index (κ2) is 5.58. The summed E-state index contributed by atoms with van der Waals surface area (Å²) in [7, 11) is 0. The summed E-state index contributed by atoms with van der Waals surface area (Å²) in [6.45, 7) is -0.0796. The summed E-state index contributed by atoms with van der Waals surface area (Å²) >= 11 is 6.11. The van der Waals surface area contributed by atoms with Gasteiger partial charge in [-0.15, -0.1) is 0 Å². The first-order valence-electron chi connectivity index (χ1n) is 7.18. The predicted octanol–water partition coefficient (Wildman–Crippen LogP) is 3.19. The van der Waals surface area contributed by atoms with Gasteiger partial charge in [0.05, 0.1) is 16.1 Å². The van der Waals surface area contributed by atoms with Gasteiger partial charge in [0.2, 0.25) is 11.7 Å². The van der Waals surface area contributed by atoms with Gasteiger partial charge in [-0.1, -0.05) is 41.0 Å². The molecule has 1 aliphatic rings. The number of aromatic nitrogens is 2. The molecule has 2 heterocycles. The van der Waals surface area contributed by atoms with E-state index in [1.165, 1.54) is 0 Å². The predicted molar refractivity (Wildman–Crippen MR) is 85.4 cm³/mol. The quantitative estimate of drug-likeness (QED) is 0.685. The molecule has 1 aromatic heterocycles. The Labute approximate surface area is 141 Å². The number of rotatable bonds is 3. The summed E-state index contributed by atoms with van der Waals surface area (Å²) in [6.07, 6.45) is 0. The molecular formula is C17H10ClN3O3. The SMILES string of the molecule is O=C1c2ccccc2C(=O)N1Cc1nc(-c2ccccc2Cl)no1. The molecule has 0 spiro atoms. The fraction of sp³-hybridized carbons (Fsp3) is 0.0588. The molecule has 4 rings (SSSR count). The summed E-state index contributed by atoms with van der Waals surface area (Å²) < 4.78 is 5.17. The van der Waals surface area contributed by atoms with Gasteiger partial charge < -0.3 is 4.52 Å². The van der Waals surface area contributed by atoms with E-state index in [9.17, 15) is 9.59 Å². The molecule has 3 aromatic rings. The van der Waals surface area contributed by atoms with E-state index in [1.54, 1.807) is 48.5 Å². The monoisotopic (exact) mass is 339 g/mol. The average Bonchev–Trinajstić information content (AvgIpc) is 3.15. The Morgan fingerprint density at radius 1 is 0.917 bits per heavy atom. The van der Waals surface area contributed by atoms with E-state index >= 15 is 0 Å². The van der Waals surface area contributed by atoms with Crippen LogP contribution < -0.4 is 0 Å². The zero-order valence-electron chi connectivity index (χ0n) is 12.3. The maximum Gasteiger partial charge on any atom is 0.262 e. The summed E-state index contributed by atoms with van der Waals surface area (Å²) in [5, 5.41) is 4.36. The minimum atomic E-state index is -0.368. The van der Waals surface area contributed by atoms with Crippen LogP contribution >= 0.6 is 11.6 Å². The lowest BCUT2D eigenvalue weighted by Crippen LogP contribution is -2.29. The van der Waals surface area contributed by atoms with Crippen LogP contribution in [-0.2, 0) is 6.54 Å². The number of carbonyl (C=O) groups is 2. The van der Waals surface area contributed by atoms with E-state index in [-0.39, 0.29) is 24.2 Å². The molecule has 0 fully saturated rings. The molecular weight excluding hydrogens is 330 g/mol. The number of amides is 2. The zero-order chi connectivity index (χ0) is 16.7. The van der Waals surface area contributed by atoms with Crippen LogP contribution in [0.15, 0.2) is 53.1 Å². The third-order valence-electron chi connectivity index (χ3n) is 3.75. The fourth-order valence-corrected chi connectivity index (χ4v) is 2.81. The molecule has 2 aromatic carbocycles. The van der Waals surface area contributed by atoms with Crippen molar-refractivity contribution < 1.29 is 14.1 Å². The van der Waals surface area contributed by atoms with Crippen LogP contribution in [0.5, 0.6) is 0 Å². The molecule has 6 nitrogen and oxygen atoms in total.